The Balaban J connectivity index is 1.66. The van der Waals surface area contributed by atoms with Gasteiger partial charge in [0, 0.05) is 6.54 Å². The lowest BCUT2D eigenvalue weighted by Crippen LogP contribution is -2.39. The Morgan fingerprint density at radius 3 is 2.13 bits per heavy atom. The molecule has 0 heterocycles. The number of likely N-dealkylation sites (N-methyl/N-ethyl adjacent to an activating group) is 1. The van der Waals surface area contributed by atoms with Gasteiger partial charge < -0.3 is 4.90 Å². The first-order chi connectivity index (χ1) is 14.9. The lowest BCUT2D eigenvalue weighted by Gasteiger charge is -2.41. The van der Waals surface area contributed by atoms with Crippen molar-refractivity contribution in [2.75, 3.05) is 19.6 Å². The highest BCUT2D eigenvalue weighted by molar-refractivity contribution is 5.37. The fourth-order valence-corrected chi connectivity index (χ4v) is 4.59. The van der Waals surface area contributed by atoms with E-state index in [1.54, 1.807) is 0 Å². The number of hydrogen-bond acceptors (Lipinski definition) is 2. The minimum Gasteiger partial charge on any atom is -0.303 e. The van der Waals surface area contributed by atoms with Crippen molar-refractivity contribution in [3.8, 4) is 6.07 Å². The average molecular weight is 429 g/mol. The molecule has 0 bridgehead atoms. The number of halogens is 3. The molecule has 0 amide bonds. The summed E-state index contributed by atoms with van der Waals surface area (Å²) in [6, 6.07) is 18.2. The number of hydrogen-bond donors (Lipinski definition) is 0. The molecule has 1 aliphatic rings. The van der Waals surface area contributed by atoms with Crippen LogP contribution in [0.15, 0.2) is 54.6 Å². The molecular weight excluding hydrogens is 397 g/mol. The van der Waals surface area contributed by atoms with Crippen LogP contribution in [0.25, 0.3) is 0 Å². The minimum absolute atomic E-state index is 0.230. The molecule has 1 fully saturated rings. The average Bonchev–Trinajstić information content (AvgIpc) is 2.74. The van der Waals surface area contributed by atoms with E-state index in [0.29, 0.717) is 6.42 Å². The van der Waals surface area contributed by atoms with Crippen LogP contribution < -0.4 is 0 Å². The van der Waals surface area contributed by atoms with Crippen molar-refractivity contribution in [1.29, 1.82) is 5.26 Å². The normalized spacial score (nSPS) is 16.5. The lowest BCUT2D eigenvalue weighted by atomic mass is 9.60. The minimum atomic E-state index is -4.36. The maximum Gasteiger partial charge on any atom is 0.416 e. The monoisotopic (exact) mass is 428 g/mol. The maximum atomic E-state index is 13.0. The van der Waals surface area contributed by atoms with E-state index in [-0.39, 0.29) is 5.92 Å². The number of rotatable bonds is 10. The molecule has 0 aliphatic heterocycles. The Bertz CT molecular complexity index is 851. The van der Waals surface area contributed by atoms with Crippen LogP contribution in [0, 0.1) is 17.2 Å². The van der Waals surface area contributed by atoms with E-state index in [2.05, 4.69) is 42.2 Å². The molecule has 0 saturated heterocycles. The molecule has 0 aromatic heterocycles. The smallest absolute Gasteiger partial charge is 0.303 e. The number of alkyl halides is 3. The van der Waals surface area contributed by atoms with Crippen molar-refractivity contribution in [2.45, 2.75) is 57.0 Å². The Labute approximate surface area is 183 Å². The second-order valence-corrected chi connectivity index (χ2v) is 8.56. The van der Waals surface area contributed by atoms with Crippen LogP contribution in [0.5, 0.6) is 0 Å². The third-order valence-corrected chi connectivity index (χ3v) is 6.78. The van der Waals surface area contributed by atoms with Gasteiger partial charge in [0.05, 0.1) is 17.0 Å². The predicted octanol–water partition coefficient (Wildman–Crippen LogP) is 6.61. The summed E-state index contributed by atoms with van der Waals surface area (Å²) in [7, 11) is 0. The molecule has 0 spiro atoms. The van der Waals surface area contributed by atoms with Crippen molar-refractivity contribution < 1.29 is 13.2 Å². The van der Waals surface area contributed by atoms with Gasteiger partial charge in [0.15, 0.2) is 0 Å². The SMILES string of the molecule is CCN(CCCC(C#N)(c1ccc(C(F)(F)F)cc1)C1CCC1)CCc1ccccc1. The van der Waals surface area contributed by atoms with E-state index < -0.39 is 17.2 Å². The number of nitriles is 1. The van der Waals surface area contributed by atoms with Crippen LogP contribution in [0.4, 0.5) is 13.2 Å². The highest BCUT2D eigenvalue weighted by Gasteiger charge is 2.43. The standard InChI is InChI=1S/C26H31F3N2/c1-2-31(19-16-21-8-4-3-5-9-21)18-7-17-25(20-30,22-10-6-11-22)23-12-14-24(15-13-23)26(27,28)29/h3-5,8-9,12-15,22H,2,6-7,10-11,16-19H2,1H3. The molecule has 0 N–H and O–H groups in total. The Hall–Kier alpha value is -2.32. The van der Waals surface area contributed by atoms with Crippen molar-refractivity contribution in [1.82, 2.24) is 4.90 Å². The molecule has 166 valence electrons. The number of benzene rings is 2. The summed E-state index contributed by atoms with van der Waals surface area (Å²) >= 11 is 0. The van der Waals surface area contributed by atoms with Crippen LogP contribution in [-0.2, 0) is 18.0 Å². The lowest BCUT2D eigenvalue weighted by molar-refractivity contribution is -0.137. The fourth-order valence-electron chi connectivity index (χ4n) is 4.59. The van der Waals surface area contributed by atoms with E-state index in [1.807, 2.05) is 6.07 Å². The van der Waals surface area contributed by atoms with Gasteiger partial charge in [0.25, 0.3) is 0 Å². The second-order valence-electron chi connectivity index (χ2n) is 8.56. The van der Waals surface area contributed by atoms with Gasteiger partial charge in [-0.3, -0.25) is 0 Å². The Kier molecular flexibility index (Phi) is 7.78. The van der Waals surface area contributed by atoms with Gasteiger partial charge >= 0.3 is 6.18 Å². The molecule has 5 heteroatoms. The molecule has 1 unspecified atom stereocenters. The highest BCUT2D eigenvalue weighted by Crippen LogP contribution is 2.47. The molecule has 2 nitrogen and oxygen atoms in total. The third kappa shape index (κ3) is 5.68. The third-order valence-electron chi connectivity index (χ3n) is 6.78. The largest absolute Gasteiger partial charge is 0.416 e. The summed E-state index contributed by atoms with van der Waals surface area (Å²) in [5.41, 5.74) is 0.697. The molecule has 1 atom stereocenters. The molecule has 1 saturated carbocycles. The summed E-state index contributed by atoms with van der Waals surface area (Å²) in [5, 5.41) is 10.2. The van der Waals surface area contributed by atoms with Gasteiger partial charge in [-0.05, 0) is 74.4 Å². The van der Waals surface area contributed by atoms with Gasteiger partial charge in [-0.15, -0.1) is 0 Å². The maximum absolute atomic E-state index is 13.0. The van der Waals surface area contributed by atoms with Gasteiger partial charge in [0.2, 0.25) is 0 Å². The van der Waals surface area contributed by atoms with E-state index in [0.717, 1.165) is 69.4 Å². The van der Waals surface area contributed by atoms with Crippen molar-refractivity contribution in [3.63, 3.8) is 0 Å². The van der Waals surface area contributed by atoms with E-state index >= 15 is 0 Å². The van der Waals surface area contributed by atoms with E-state index in [1.165, 1.54) is 17.7 Å². The molecule has 1 aliphatic carbocycles. The van der Waals surface area contributed by atoms with Crippen molar-refractivity contribution in [3.05, 3.63) is 71.3 Å². The van der Waals surface area contributed by atoms with Crippen LogP contribution in [0.1, 0.15) is 55.7 Å². The highest BCUT2D eigenvalue weighted by atomic mass is 19.4. The summed E-state index contributed by atoms with van der Waals surface area (Å²) in [5.74, 6) is 0.230. The molecule has 2 aromatic rings. The zero-order valence-corrected chi connectivity index (χ0v) is 18.2. The van der Waals surface area contributed by atoms with E-state index in [4.69, 9.17) is 0 Å². The molecule has 2 aromatic carbocycles. The Morgan fingerprint density at radius 1 is 0.968 bits per heavy atom. The first-order valence-corrected chi connectivity index (χ1v) is 11.2. The first-order valence-electron chi connectivity index (χ1n) is 11.2. The summed E-state index contributed by atoms with van der Waals surface area (Å²) in [4.78, 5) is 2.39. The molecular formula is C26H31F3N2. The zero-order valence-electron chi connectivity index (χ0n) is 18.2. The van der Waals surface area contributed by atoms with Crippen molar-refractivity contribution in [2.24, 2.45) is 5.92 Å². The van der Waals surface area contributed by atoms with Crippen LogP contribution in [0.3, 0.4) is 0 Å². The quantitative estimate of drug-likeness (QED) is 0.426. The van der Waals surface area contributed by atoms with Crippen LogP contribution in [-0.4, -0.2) is 24.5 Å². The molecule has 3 rings (SSSR count). The van der Waals surface area contributed by atoms with Crippen LogP contribution >= 0.6 is 0 Å². The van der Waals surface area contributed by atoms with Gasteiger partial charge in [-0.1, -0.05) is 55.8 Å². The Morgan fingerprint density at radius 2 is 1.61 bits per heavy atom. The number of nitrogens with zero attached hydrogens (tertiary/aromatic N) is 2. The summed E-state index contributed by atoms with van der Waals surface area (Å²) < 4.78 is 39.0. The van der Waals surface area contributed by atoms with Gasteiger partial charge in [-0.2, -0.15) is 18.4 Å². The van der Waals surface area contributed by atoms with Crippen LogP contribution in [0.2, 0.25) is 0 Å². The van der Waals surface area contributed by atoms with E-state index in [9.17, 15) is 18.4 Å². The van der Waals surface area contributed by atoms with Gasteiger partial charge in [-0.25, -0.2) is 0 Å². The predicted molar refractivity (Wildman–Crippen MR) is 118 cm³/mol. The molecule has 0 radical (unpaired) electrons. The second kappa shape index (κ2) is 10.3. The molecule has 31 heavy (non-hydrogen) atoms. The zero-order chi connectivity index (χ0) is 22.3. The fraction of sp³-hybridized carbons (Fsp3) is 0.500. The van der Waals surface area contributed by atoms with Gasteiger partial charge in [0.1, 0.15) is 0 Å². The first kappa shape index (κ1) is 23.3. The summed E-state index contributed by atoms with van der Waals surface area (Å²) in [6.07, 6.45) is 1.20. The topological polar surface area (TPSA) is 27.0 Å². The summed E-state index contributed by atoms with van der Waals surface area (Å²) in [6.45, 7) is 4.93. The van der Waals surface area contributed by atoms with Crippen molar-refractivity contribution >= 4 is 0 Å².